The minimum absolute atomic E-state index is 0.679. The zero-order valence-corrected chi connectivity index (χ0v) is 15.3. The lowest BCUT2D eigenvalue weighted by Gasteiger charge is -2.17. The number of aryl methyl sites for hydroxylation is 1. The Balaban J connectivity index is 1.62. The van der Waals surface area contributed by atoms with Crippen LogP contribution in [0.5, 0.6) is 0 Å². The van der Waals surface area contributed by atoms with Crippen LogP contribution in [0.2, 0.25) is 0 Å². The molecule has 0 spiro atoms. The van der Waals surface area contributed by atoms with E-state index >= 15 is 0 Å². The van der Waals surface area contributed by atoms with Gasteiger partial charge >= 0.3 is 0 Å². The lowest BCUT2D eigenvalue weighted by atomic mass is 10.2. The molecule has 0 saturated carbocycles. The molecule has 26 heavy (non-hydrogen) atoms. The SMILES string of the molecule is COCCN(C)c1ccc(CNc2cccc(-c3nnnn3C)c2)cn1. The molecular weight excluding hydrogens is 330 g/mol. The van der Waals surface area contributed by atoms with Crippen LogP contribution in [0.25, 0.3) is 11.4 Å². The molecule has 3 aromatic rings. The summed E-state index contributed by atoms with van der Waals surface area (Å²) < 4.78 is 6.75. The molecule has 8 nitrogen and oxygen atoms in total. The van der Waals surface area contributed by atoms with Crippen LogP contribution in [0, 0.1) is 0 Å². The van der Waals surface area contributed by atoms with Gasteiger partial charge in [0.1, 0.15) is 5.82 Å². The van der Waals surface area contributed by atoms with Crippen LogP contribution in [0.15, 0.2) is 42.6 Å². The van der Waals surface area contributed by atoms with Crippen molar-refractivity contribution >= 4 is 11.5 Å². The smallest absolute Gasteiger partial charge is 0.181 e. The molecule has 8 heteroatoms. The Morgan fingerprint density at radius 1 is 1.23 bits per heavy atom. The number of anilines is 2. The van der Waals surface area contributed by atoms with Crippen molar-refractivity contribution in [2.45, 2.75) is 6.54 Å². The Labute approximate surface area is 152 Å². The van der Waals surface area contributed by atoms with E-state index in [0.717, 1.165) is 35.0 Å². The van der Waals surface area contributed by atoms with Crippen molar-refractivity contribution in [1.82, 2.24) is 25.2 Å². The molecule has 0 saturated heterocycles. The predicted molar refractivity (Wildman–Crippen MR) is 101 cm³/mol. The van der Waals surface area contributed by atoms with E-state index < -0.39 is 0 Å². The van der Waals surface area contributed by atoms with Crippen LogP contribution in [-0.2, 0) is 18.3 Å². The molecule has 2 heterocycles. The van der Waals surface area contributed by atoms with Gasteiger partial charge in [0, 0.05) is 51.7 Å². The van der Waals surface area contributed by atoms with Crippen molar-refractivity contribution in [2.75, 3.05) is 37.5 Å². The Bertz CT molecular complexity index is 832. The first kappa shape index (κ1) is 17.8. The molecule has 1 aromatic carbocycles. The molecular formula is C18H23N7O. The first-order valence-electron chi connectivity index (χ1n) is 8.39. The molecule has 0 radical (unpaired) electrons. The fraction of sp³-hybridized carbons (Fsp3) is 0.333. The van der Waals surface area contributed by atoms with Gasteiger partial charge in [0.25, 0.3) is 0 Å². The molecule has 0 atom stereocenters. The molecule has 0 unspecified atom stereocenters. The summed E-state index contributed by atoms with van der Waals surface area (Å²) in [5.41, 5.74) is 3.09. The van der Waals surface area contributed by atoms with Gasteiger partial charge in [-0.3, -0.25) is 0 Å². The number of rotatable bonds is 8. The van der Waals surface area contributed by atoms with Crippen molar-refractivity contribution in [1.29, 1.82) is 0 Å². The van der Waals surface area contributed by atoms with Gasteiger partial charge in [0.15, 0.2) is 5.82 Å². The van der Waals surface area contributed by atoms with E-state index in [1.54, 1.807) is 11.8 Å². The number of pyridine rings is 1. The Kier molecular flexibility index (Phi) is 5.75. The summed E-state index contributed by atoms with van der Waals surface area (Å²) in [4.78, 5) is 6.58. The van der Waals surface area contributed by atoms with Crippen molar-refractivity contribution in [3.63, 3.8) is 0 Å². The lowest BCUT2D eigenvalue weighted by Crippen LogP contribution is -2.22. The van der Waals surface area contributed by atoms with Gasteiger partial charge in [-0.2, -0.15) is 0 Å². The van der Waals surface area contributed by atoms with Crippen LogP contribution in [-0.4, -0.2) is 52.5 Å². The maximum absolute atomic E-state index is 5.10. The molecule has 0 bridgehead atoms. The van der Waals surface area contributed by atoms with Gasteiger partial charge < -0.3 is 15.0 Å². The number of benzene rings is 1. The van der Waals surface area contributed by atoms with Crippen molar-refractivity contribution in [3.8, 4) is 11.4 Å². The standard InChI is InChI=1S/C18H23N7O/c1-24(9-10-26-3)17-8-7-14(13-20-17)12-19-16-6-4-5-15(11-16)18-21-22-23-25(18)2/h4-8,11,13,19H,9-10,12H2,1-3H3. The first-order chi connectivity index (χ1) is 12.7. The summed E-state index contributed by atoms with van der Waals surface area (Å²) >= 11 is 0. The van der Waals surface area contributed by atoms with Gasteiger partial charge in [-0.05, 0) is 34.2 Å². The average Bonchev–Trinajstić information content (AvgIpc) is 3.11. The number of methoxy groups -OCH3 is 1. The highest BCUT2D eigenvalue weighted by Crippen LogP contribution is 2.20. The fourth-order valence-electron chi connectivity index (χ4n) is 2.54. The molecule has 0 fully saturated rings. The van der Waals surface area contributed by atoms with E-state index in [9.17, 15) is 0 Å². The van der Waals surface area contributed by atoms with E-state index in [4.69, 9.17) is 4.74 Å². The third-order valence-corrected chi connectivity index (χ3v) is 4.07. The fourth-order valence-corrected chi connectivity index (χ4v) is 2.54. The van der Waals surface area contributed by atoms with Crippen LogP contribution in [0.4, 0.5) is 11.5 Å². The first-order valence-corrected chi connectivity index (χ1v) is 8.39. The monoisotopic (exact) mass is 353 g/mol. The molecule has 0 amide bonds. The lowest BCUT2D eigenvalue weighted by molar-refractivity contribution is 0.206. The molecule has 1 N–H and O–H groups in total. The maximum atomic E-state index is 5.10. The highest BCUT2D eigenvalue weighted by Gasteiger charge is 2.06. The normalized spacial score (nSPS) is 10.7. The Morgan fingerprint density at radius 3 is 2.81 bits per heavy atom. The summed E-state index contributed by atoms with van der Waals surface area (Å²) in [5, 5.41) is 15.0. The minimum Gasteiger partial charge on any atom is -0.383 e. The number of likely N-dealkylation sites (N-methyl/N-ethyl adjacent to an activating group) is 1. The molecule has 0 aliphatic rings. The number of hydrogen-bond donors (Lipinski definition) is 1. The summed E-state index contributed by atoms with van der Waals surface area (Å²) in [6.07, 6.45) is 1.89. The number of hydrogen-bond acceptors (Lipinski definition) is 7. The van der Waals surface area contributed by atoms with Crippen molar-refractivity contribution in [2.24, 2.45) is 7.05 Å². The highest BCUT2D eigenvalue weighted by atomic mass is 16.5. The van der Waals surface area contributed by atoms with Crippen LogP contribution in [0.3, 0.4) is 0 Å². The number of nitrogens with one attached hydrogen (secondary N) is 1. The summed E-state index contributed by atoms with van der Waals surface area (Å²) in [5.74, 6) is 1.67. The number of tetrazole rings is 1. The van der Waals surface area contributed by atoms with Crippen molar-refractivity contribution in [3.05, 3.63) is 48.2 Å². The Hall–Kier alpha value is -3.00. The summed E-state index contributed by atoms with van der Waals surface area (Å²) in [6.45, 7) is 2.18. The van der Waals surface area contributed by atoms with Gasteiger partial charge in [-0.1, -0.05) is 18.2 Å². The third kappa shape index (κ3) is 4.34. The molecule has 2 aromatic heterocycles. The summed E-state index contributed by atoms with van der Waals surface area (Å²) in [7, 11) is 5.53. The average molecular weight is 353 g/mol. The van der Waals surface area contributed by atoms with E-state index in [2.05, 4.69) is 36.8 Å². The van der Waals surface area contributed by atoms with E-state index in [1.807, 2.05) is 50.6 Å². The van der Waals surface area contributed by atoms with Gasteiger partial charge in [-0.15, -0.1) is 5.10 Å². The second-order valence-corrected chi connectivity index (χ2v) is 6.00. The molecule has 136 valence electrons. The molecule has 0 aliphatic heterocycles. The molecule has 0 aliphatic carbocycles. The van der Waals surface area contributed by atoms with Crippen LogP contribution < -0.4 is 10.2 Å². The van der Waals surface area contributed by atoms with Crippen molar-refractivity contribution < 1.29 is 4.74 Å². The number of nitrogens with zero attached hydrogens (tertiary/aromatic N) is 6. The second-order valence-electron chi connectivity index (χ2n) is 6.00. The van der Waals surface area contributed by atoms with Crippen LogP contribution in [0.1, 0.15) is 5.56 Å². The number of ether oxygens (including phenoxy) is 1. The van der Waals surface area contributed by atoms with Gasteiger partial charge in [0.2, 0.25) is 0 Å². The third-order valence-electron chi connectivity index (χ3n) is 4.07. The quantitative estimate of drug-likeness (QED) is 0.663. The highest BCUT2D eigenvalue weighted by molar-refractivity contribution is 5.62. The Morgan fingerprint density at radius 2 is 2.12 bits per heavy atom. The topological polar surface area (TPSA) is 81.0 Å². The van der Waals surface area contributed by atoms with Crippen LogP contribution >= 0.6 is 0 Å². The number of aromatic nitrogens is 5. The zero-order chi connectivity index (χ0) is 18.4. The molecule has 3 rings (SSSR count). The van der Waals surface area contributed by atoms with Gasteiger partial charge in [0.05, 0.1) is 6.61 Å². The minimum atomic E-state index is 0.679. The second kappa shape index (κ2) is 8.39. The summed E-state index contributed by atoms with van der Waals surface area (Å²) in [6, 6.07) is 12.1. The van der Waals surface area contributed by atoms with E-state index in [1.165, 1.54) is 0 Å². The van der Waals surface area contributed by atoms with E-state index in [-0.39, 0.29) is 0 Å². The largest absolute Gasteiger partial charge is 0.383 e. The zero-order valence-electron chi connectivity index (χ0n) is 15.3. The van der Waals surface area contributed by atoms with E-state index in [0.29, 0.717) is 13.2 Å². The maximum Gasteiger partial charge on any atom is 0.181 e. The van der Waals surface area contributed by atoms with Gasteiger partial charge in [-0.25, -0.2) is 9.67 Å². The predicted octanol–water partition coefficient (Wildman–Crippen LogP) is 1.97.